The lowest BCUT2D eigenvalue weighted by Gasteiger charge is -2.33. The van der Waals surface area contributed by atoms with E-state index in [4.69, 9.17) is 11.5 Å². The van der Waals surface area contributed by atoms with Crippen LogP contribution in [0, 0.1) is 0 Å². The van der Waals surface area contributed by atoms with Crippen molar-refractivity contribution >= 4 is 29.7 Å². The minimum absolute atomic E-state index is 0.0846. The van der Waals surface area contributed by atoms with Crippen LogP contribution in [0.1, 0.15) is 46.0 Å². The summed E-state index contributed by atoms with van der Waals surface area (Å²) in [6, 6.07) is -0.681. The van der Waals surface area contributed by atoms with Gasteiger partial charge in [-0.05, 0) is 25.8 Å². The van der Waals surface area contributed by atoms with Crippen LogP contribution in [0.2, 0.25) is 0 Å². The van der Waals surface area contributed by atoms with E-state index in [1.165, 1.54) is 0 Å². The Balaban J connectivity index is 3.01. The quantitative estimate of drug-likeness (QED) is 0.0832. The van der Waals surface area contributed by atoms with Gasteiger partial charge in [-0.25, -0.2) is 0 Å². The lowest BCUT2D eigenvalue weighted by atomic mass is 10.1. The molecule has 0 bridgehead atoms. The number of unbranched alkanes of at least 4 members (excludes halogenated alkanes) is 2. The Morgan fingerprint density at radius 2 is 1.33 bits per heavy atom. The van der Waals surface area contributed by atoms with Gasteiger partial charge in [0.2, 0.25) is 17.7 Å². The fourth-order valence-corrected chi connectivity index (χ4v) is 5.09. The Labute approximate surface area is 269 Å². The van der Waals surface area contributed by atoms with Crippen LogP contribution in [0.4, 0.5) is 0 Å². The normalized spacial score (nSPS) is 17.6. The molecule has 1 heterocycles. The fraction of sp³-hybridized carbons (Fsp3) is 0.833. The van der Waals surface area contributed by atoms with Gasteiger partial charge < -0.3 is 36.6 Å². The van der Waals surface area contributed by atoms with E-state index >= 15 is 0 Å². The number of guanidine groups is 1. The van der Waals surface area contributed by atoms with E-state index in [0.29, 0.717) is 84.2 Å². The molecular weight excluding hydrogens is 580 g/mol. The van der Waals surface area contributed by atoms with E-state index in [2.05, 4.69) is 29.1 Å². The van der Waals surface area contributed by atoms with Gasteiger partial charge in [0.15, 0.2) is 5.96 Å². The molecule has 0 saturated carbocycles. The molecule has 1 rings (SSSR count). The van der Waals surface area contributed by atoms with E-state index in [1.807, 2.05) is 28.8 Å². The summed E-state index contributed by atoms with van der Waals surface area (Å²) < 4.78 is 0. The standard InChI is InChI=1S/C30H60N10O5/c1-6-8-9-13-36(5)29(45)25(11-10-12-33-30(32)35(3)4)34-27(42)23-39-17-15-37(7-2)14-16-38(22-26(31)41)18-20-40(21-19-39)24-28(43)44/h25H,6-24H2,1-5H3,(H2,31,41)(H2,32,33)(H,34,42)(H,43,44). The molecule has 1 aliphatic heterocycles. The summed E-state index contributed by atoms with van der Waals surface area (Å²) in [5.41, 5.74) is 11.4. The summed E-state index contributed by atoms with van der Waals surface area (Å²) in [5, 5.41) is 12.5. The molecule has 0 aromatic rings. The highest BCUT2D eigenvalue weighted by Gasteiger charge is 2.25. The second kappa shape index (κ2) is 22.5. The maximum absolute atomic E-state index is 13.4. The zero-order valence-corrected chi connectivity index (χ0v) is 28.4. The number of rotatable bonds is 17. The van der Waals surface area contributed by atoms with Crippen molar-refractivity contribution in [3.63, 3.8) is 0 Å². The summed E-state index contributed by atoms with van der Waals surface area (Å²) in [5.74, 6) is -1.32. The number of hydrogen-bond donors (Lipinski definition) is 4. The Hall–Kier alpha value is -3.01. The molecule has 1 unspecified atom stereocenters. The van der Waals surface area contributed by atoms with Gasteiger partial charge in [-0.3, -0.25) is 38.9 Å². The highest BCUT2D eigenvalue weighted by atomic mass is 16.4. The molecule has 1 aliphatic rings. The first-order valence-electron chi connectivity index (χ1n) is 16.3. The van der Waals surface area contributed by atoms with Crippen molar-refractivity contribution in [1.82, 2.24) is 34.7 Å². The number of amides is 3. The molecule has 0 aromatic carbocycles. The largest absolute Gasteiger partial charge is 0.480 e. The van der Waals surface area contributed by atoms with Crippen LogP contribution >= 0.6 is 0 Å². The van der Waals surface area contributed by atoms with Crippen LogP contribution in [-0.4, -0.2) is 183 Å². The summed E-state index contributed by atoms with van der Waals surface area (Å²) in [6.45, 7) is 10.6. The number of carboxylic acid groups (broad SMARTS) is 1. The summed E-state index contributed by atoms with van der Waals surface area (Å²) in [6.07, 6.45) is 4.00. The predicted octanol–water partition coefficient (Wildman–Crippen LogP) is -1.41. The van der Waals surface area contributed by atoms with Crippen molar-refractivity contribution in [3.05, 3.63) is 0 Å². The van der Waals surface area contributed by atoms with Gasteiger partial charge >= 0.3 is 5.97 Å². The van der Waals surface area contributed by atoms with Gasteiger partial charge in [-0.1, -0.05) is 26.7 Å². The van der Waals surface area contributed by atoms with Crippen molar-refractivity contribution in [1.29, 1.82) is 0 Å². The van der Waals surface area contributed by atoms with Crippen LogP contribution in [0.5, 0.6) is 0 Å². The van der Waals surface area contributed by atoms with Crippen molar-refractivity contribution in [2.24, 2.45) is 16.5 Å². The number of nitrogens with two attached hydrogens (primary N) is 2. The predicted molar refractivity (Wildman–Crippen MR) is 177 cm³/mol. The first kappa shape index (κ1) is 40.0. The average Bonchev–Trinajstić information content (AvgIpc) is 2.97. The first-order chi connectivity index (χ1) is 21.4. The molecule has 15 heteroatoms. The van der Waals surface area contributed by atoms with E-state index in [1.54, 1.807) is 16.8 Å². The van der Waals surface area contributed by atoms with Crippen molar-refractivity contribution in [2.45, 2.75) is 52.0 Å². The average molecular weight is 641 g/mol. The lowest BCUT2D eigenvalue weighted by molar-refractivity contribution is -0.138. The van der Waals surface area contributed by atoms with Crippen LogP contribution in [-0.2, 0) is 19.2 Å². The third-order valence-corrected chi connectivity index (χ3v) is 7.97. The minimum Gasteiger partial charge on any atom is -0.480 e. The fourth-order valence-electron chi connectivity index (χ4n) is 5.09. The maximum atomic E-state index is 13.4. The number of aliphatic carboxylic acids is 1. The van der Waals surface area contributed by atoms with E-state index in [-0.39, 0.29) is 31.4 Å². The molecule has 15 nitrogen and oxygen atoms in total. The Morgan fingerprint density at radius 1 is 0.800 bits per heavy atom. The van der Waals surface area contributed by atoms with Crippen LogP contribution in [0.25, 0.3) is 0 Å². The van der Waals surface area contributed by atoms with Crippen LogP contribution < -0.4 is 16.8 Å². The van der Waals surface area contributed by atoms with Gasteiger partial charge in [0.05, 0.1) is 19.6 Å². The number of carbonyl (C=O) groups is 4. The van der Waals surface area contributed by atoms with Gasteiger partial charge in [0.1, 0.15) is 6.04 Å². The second-order valence-corrected chi connectivity index (χ2v) is 12.0. The molecule has 6 N–H and O–H groups in total. The van der Waals surface area contributed by atoms with Gasteiger partial charge in [-0.2, -0.15) is 0 Å². The molecule has 0 radical (unpaired) electrons. The van der Waals surface area contributed by atoms with Crippen molar-refractivity contribution < 1.29 is 24.3 Å². The van der Waals surface area contributed by atoms with Crippen LogP contribution in [0.15, 0.2) is 4.99 Å². The number of likely N-dealkylation sites (N-methyl/N-ethyl adjacent to an activating group) is 2. The number of aliphatic imine (C=N–C) groups is 1. The first-order valence-corrected chi connectivity index (χ1v) is 16.3. The van der Waals surface area contributed by atoms with E-state index < -0.39 is 17.9 Å². The molecule has 0 aromatic heterocycles. The molecule has 3 amide bonds. The van der Waals surface area contributed by atoms with Crippen LogP contribution in [0.3, 0.4) is 0 Å². The molecule has 1 saturated heterocycles. The van der Waals surface area contributed by atoms with Crippen molar-refractivity contribution in [3.8, 4) is 0 Å². The lowest BCUT2D eigenvalue weighted by Crippen LogP contribution is -2.52. The second-order valence-electron chi connectivity index (χ2n) is 12.0. The zero-order valence-electron chi connectivity index (χ0n) is 28.4. The SMILES string of the molecule is CCCCCN(C)C(=O)C(CCCN=C(N)N(C)C)NC(=O)CN1CCN(CC)CCN(CC(N)=O)CCN(CC(=O)O)CC1. The Bertz CT molecular complexity index is 935. The Kier molecular flexibility index (Phi) is 20.0. The van der Waals surface area contributed by atoms with E-state index in [0.717, 1.165) is 25.8 Å². The third kappa shape index (κ3) is 17.9. The number of nitrogens with zero attached hydrogens (tertiary/aromatic N) is 7. The minimum atomic E-state index is -0.939. The summed E-state index contributed by atoms with van der Waals surface area (Å²) in [4.78, 5) is 65.8. The third-order valence-electron chi connectivity index (χ3n) is 7.97. The molecule has 45 heavy (non-hydrogen) atoms. The smallest absolute Gasteiger partial charge is 0.317 e. The number of nitrogens with one attached hydrogen (secondary N) is 1. The summed E-state index contributed by atoms with van der Waals surface area (Å²) >= 11 is 0. The highest BCUT2D eigenvalue weighted by Crippen LogP contribution is 2.06. The molecular formula is C30H60N10O5. The molecule has 1 fully saturated rings. The number of hydrogen-bond acceptors (Lipinski definition) is 9. The maximum Gasteiger partial charge on any atom is 0.317 e. The van der Waals surface area contributed by atoms with Gasteiger partial charge in [0.25, 0.3) is 0 Å². The molecule has 0 aliphatic carbocycles. The van der Waals surface area contributed by atoms with Crippen molar-refractivity contribution in [2.75, 3.05) is 113 Å². The molecule has 0 spiro atoms. The topological polar surface area (TPSA) is 184 Å². The molecule has 260 valence electrons. The zero-order chi connectivity index (χ0) is 33.8. The Morgan fingerprint density at radius 3 is 1.82 bits per heavy atom. The highest BCUT2D eigenvalue weighted by molar-refractivity contribution is 5.88. The summed E-state index contributed by atoms with van der Waals surface area (Å²) in [7, 11) is 5.40. The number of primary amides is 1. The van der Waals surface area contributed by atoms with Gasteiger partial charge in [0, 0.05) is 86.6 Å². The number of carbonyl (C=O) groups excluding carboxylic acids is 3. The molecule has 1 atom stereocenters. The van der Waals surface area contributed by atoms with Gasteiger partial charge in [-0.15, -0.1) is 0 Å². The number of carboxylic acids is 1. The monoisotopic (exact) mass is 640 g/mol. The van der Waals surface area contributed by atoms with E-state index in [9.17, 15) is 24.3 Å².